The first-order chi connectivity index (χ1) is 17.8. The number of nitrogens with zero attached hydrogens (tertiary/aromatic N) is 1. The number of carbonyl (C=O) groups excluding carboxylic acids is 1. The van der Waals surface area contributed by atoms with Crippen molar-refractivity contribution in [1.82, 2.24) is 5.32 Å². The summed E-state index contributed by atoms with van der Waals surface area (Å²) in [6, 6.07) is 9.27. The Hall–Kier alpha value is -2.45. The fraction of sp³-hybridized carbons (Fsp3) is 0.690. The maximum atomic E-state index is 12.2. The van der Waals surface area contributed by atoms with Gasteiger partial charge in [0.05, 0.1) is 38.0 Å². The highest BCUT2D eigenvalue weighted by Gasteiger charge is 2.49. The van der Waals surface area contributed by atoms with Crippen molar-refractivity contribution >= 4 is 17.8 Å². The number of nitrogens with one attached hydrogen (secondary N) is 1. The maximum Gasteiger partial charge on any atom is 0.307 e. The van der Waals surface area contributed by atoms with Gasteiger partial charge in [0, 0.05) is 38.8 Å². The zero-order chi connectivity index (χ0) is 26.7. The predicted octanol–water partition coefficient (Wildman–Crippen LogP) is 3.44. The van der Waals surface area contributed by atoms with Crippen LogP contribution in [-0.4, -0.2) is 71.8 Å². The van der Waals surface area contributed by atoms with Crippen LogP contribution < -0.4 is 11.1 Å². The van der Waals surface area contributed by atoms with Crippen LogP contribution in [0.2, 0.25) is 0 Å². The Kier molecular flexibility index (Phi) is 10.9. The Bertz CT molecular complexity index is 866. The molecule has 3 heterocycles. The zero-order valence-electron chi connectivity index (χ0n) is 22.2. The van der Waals surface area contributed by atoms with E-state index in [1.807, 2.05) is 30.3 Å². The summed E-state index contributed by atoms with van der Waals surface area (Å²) in [5.74, 6) is -3.67. The molecule has 0 saturated carbocycles. The van der Waals surface area contributed by atoms with E-state index in [4.69, 9.17) is 5.73 Å². The molecule has 0 radical (unpaired) electrons. The summed E-state index contributed by atoms with van der Waals surface area (Å²) in [6.07, 6.45) is 9.69. The first-order valence-corrected chi connectivity index (χ1v) is 14.1. The molecule has 0 aromatic heterocycles. The number of piperidine rings is 3. The molecule has 2 bridgehead atoms. The van der Waals surface area contributed by atoms with Crippen molar-refractivity contribution in [2.24, 2.45) is 23.0 Å². The lowest BCUT2D eigenvalue weighted by molar-refractivity contribution is -0.945. The molecule has 0 unspecified atom stereocenters. The van der Waals surface area contributed by atoms with Crippen molar-refractivity contribution in [3.63, 3.8) is 0 Å². The number of hydrogen-bond acceptors (Lipinski definition) is 4. The summed E-state index contributed by atoms with van der Waals surface area (Å²) in [6.45, 7) is 5.73. The Morgan fingerprint density at radius 3 is 2.08 bits per heavy atom. The quantitative estimate of drug-likeness (QED) is 0.185. The van der Waals surface area contributed by atoms with Crippen LogP contribution in [-0.2, 0) is 20.8 Å². The lowest BCUT2D eigenvalue weighted by Crippen LogP contribution is -2.62. The van der Waals surface area contributed by atoms with Gasteiger partial charge in [-0.1, -0.05) is 49.6 Å². The minimum Gasteiger partial charge on any atom is -0.481 e. The molecule has 0 aliphatic carbocycles. The van der Waals surface area contributed by atoms with Gasteiger partial charge in [-0.15, -0.1) is 0 Å². The number of unbranched alkanes of at least 4 members (excludes halogenated alkanes) is 4. The van der Waals surface area contributed by atoms with E-state index in [0.717, 1.165) is 56.9 Å². The van der Waals surface area contributed by atoms with Crippen LogP contribution in [0, 0.1) is 17.3 Å². The first kappa shape index (κ1) is 29.1. The van der Waals surface area contributed by atoms with E-state index in [1.54, 1.807) is 0 Å². The van der Waals surface area contributed by atoms with Crippen LogP contribution >= 0.6 is 0 Å². The maximum absolute atomic E-state index is 12.2. The highest BCUT2D eigenvalue weighted by Crippen LogP contribution is 2.46. The average molecular weight is 517 g/mol. The monoisotopic (exact) mass is 516 g/mol. The number of quaternary nitrogens is 1. The lowest BCUT2D eigenvalue weighted by Gasteiger charge is -2.54. The number of rotatable bonds is 17. The van der Waals surface area contributed by atoms with E-state index in [0.29, 0.717) is 25.9 Å². The fourth-order valence-corrected chi connectivity index (χ4v) is 6.46. The summed E-state index contributed by atoms with van der Waals surface area (Å²) < 4.78 is 1.19. The molecule has 1 aromatic rings. The number of carboxylic acid groups (broad SMARTS) is 2. The SMILES string of the molecule is NCCNC(=O)CC12CC[N+](CCCCCCC[C@@H](C(=O)O)[C@H](Cc3ccccc3)C(=O)O)(CC1)CC2. The molecule has 206 valence electrons. The molecule has 37 heavy (non-hydrogen) atoms. The second-order valence-corrected chi connectivity index (χ2v) is 11.4. The zero-order valence-corrected chi connectivity index (χ0v) is 22.2. The Labute approximate surface area is 221 Å². The second kappa shape index (κ2) is 13.9. The molecule has 4 rings (SSSR count). The molecule has 3 aliphatic rings. The van der Waals surface area contributed by atoms with Gasteiger partial charge in [-0.2, -0.15) is 0 Å². The van der Waals surface area contributed by atoms with Crippen LogP contribution in [0.25, 0.3) is 0 Å². The van der Waals surface area contributed by atoms with Crippen molar-refractivity contribution in [2.75, 3.05) is 39.3 Å². The van der Waals surface area contributed by atoms with E-state index in [1.165, 1.54) is 30.7 Å². The third-order valence-corrected chi connectivity index (χ3v) is 8.92. The first-order valence-electron chi connectivity index (χ1n) is 14.1. The van der Waals surface area contributed by atoms with Crippen LogP contribution in [0.15, 0.2) is 30.3 Å². The summed E-state index contributed by atoms with van der Waals surface area (Å²) in [5, 5.41) is 22.4. The number of aliphatic carboxylic acids is 2. The third-order valence-electron chi connectivity index (χ3n) is 8.92. The minimum absolute atomic E-state index is 0.146. The summed E-state index contributed by atoms with van der Waals surface area (Å²) in [4.78, 5) is 36.0. The summed E-state index contributed by atoms with van der Waals surface area (Å²) in [5.41, 5.74) is 6.54. The molecule has 3 fully saturated rings. The van der Waals surface area contributed by atoms with E-state index in [9.17, 15) is 24.6 Å². The van der Waals surface area contributed by atoms with Gasteiger partial charge >= 0.3 is 11.9 Å². The molecule has 0 spiro atoms. The Morgan fingerprint density at radius 1 is 0.892 bits per heavy atom. The smallest absolute Gasteiger partial charge is 0.307 e. The van der Waals surface area contributed by atoms with E-state index in [2.05, 4.69) is 5.32 Å². The van der Waals surface area contributed by atoms with Crippen LogP contribution in [0.4, 0.5) is 0 Å². The Morgan fingerprint density at radius 2 is 1.49 bits per heavy atom. The molecular weight excluding hydrogens is 470 g/mol. The number of nitrogens with two attached hydrogens (primary N) is 1. The van der Waals surface area contributed by atoms with Crippen LogP contribution in [0.3, 0.4) is 0 Å². The summed E-state index contributed by atoms with van der Waals surface area (Å²) in [7, 11) is 0. The number of amides is 1. The van der Waals surface area contributed by atoms with Crippen molar-refractivity contribution in [1.29, 1.82) is 0 Å². The summed E-state index contributed by atoms with van der Waals surface area (Å²) >= 11 is 0. The average Bonchev–Trinajstić information content (AvgIpc) is 2.89. The standard InChI is InChI=1S/C29H45N3O5/c30-15-16-31-26(33)22-29-12-18-32(19-13-29,20-14-29)17-8-3-1-2-7-11-24(27(34)35)25(28(36)37)21-23-9-5-4-6-10-23/h4-6,9-10,24-25H,1-3,7-8,11-22,30H2,(H2-,31,33,34,35,36,37)/p+1/t24-,25+,29?,32?/m1/s1. The fourth-order valence-electron chi connectivity index (χ4n) is 6.46. The second-order valence-electron chi connectivity index (χ2n) is 11.4. The van der Waals surface area contributed by atoms with Crippen LogP contribution in [0.1, 0.15) is 69.8 Å². The van der Waals surface area contributed by atoms with Gasteiger partial charge in [0.2, 0.25) is 5.91 Å². The van der Waals surface area contributed by atoms with E-state index >= 15 is 0 Å². The van der Waals surface area contributed by atoms with Crippen molar-refractivity contribution in [3.05, 3.63) is 35.9 Å². The normalized spacial score (nSPS) is 24.4. The van der Waals surface area contributed by atoms with Gasteiger partial charge in [0.25, 0.3) is 0 Å². The van der Waals surface area contributed by atoms with Gasteiger partial charge in [-0.05, 0) is 36.7 Å². The molecule has 1 aromatic carbocycles. The number of hydrogen-bond donors (Lipinski definition) is 4. The van der Waals surface area contributed by atoms with Crippen molar-refractivity contribution < 1.29 is 29.1 Å². The van der Waals surface area contributed by atoms with Gasteiger partial charge in [-0.3, -0.25) is 14.4 Å². The molecule has 3 aliphatic heterocycles. The number of fused-ring (bicyclic) bond motifs is 3. The Balaban J connectivity index is 1.34. The van der Waals surface area contributed by atoms with E-state index in [-0.39, 0.29) is 17.7 Å². The van der Waals surface area contributed by atoms with Gasteiger partial charge in [-0.25, -0.2) is 0 Å². The number of carbonyl (C=O) groups is 3. The third kappa shape index (κ3) is 8.54. The van der Waals surface area contributed by atoms with Gasteiger partial charge in [0.15, 0.2) is 0 Å². The molecular formula is C29H46N3O5+. The van der Waals surface area contributed by atoms with Crippen molar-refractivity contribution in [3.8, 4) is 0 Å². The molecule has 3 saturated heterocycles. The minimum atomic E-state index is -1.03. The molecule has 1 amide bonds. The molecule has 8 heteroatoms. The number of benzene rings is 1. The molecule has 2 atom stereocenters. The highest BCUT2D eigenvalue weighted by atomic mass is 16.4. The highest BCUT2D eigenvalue weighted by molar-refractivity contribution is 5.80. The van der Waals surface area contributed by atoms with Gasteiger partial charge in [0.1, 0.15) is 0 Å². The molecule has 8 nitrogen and oxygen atoms in total. The van der Waals surface area contributed by atoms with Gasteiger partial charge < -0.3 is 25.7 Å². The topological polar surface area (TPSA) is 130 Å². The van der Waals surface area contributed by atoms with E-state index < -0.39 is 23.8 Å². The van der Waals surface area contributed by atoms with Crippen molar-refractivity contribution in [2.45, 2.75) is 70.6 Å². The molecule has 5 N–H and O–H groups in total. The predicted molar refractivity (Wildman–Crippen MR) is 143 cm³/mol. The largest absolute Gasteiger partial charge is 0.481 e. The lowest BCUT2D eigenvalue weighted by atomic mass is 9.68. The number of carboxylic acids is 2. The van der Waals surface area contributed by atoms with Crippen LogP contribution in [0.5, 0.6) is 0 Å².